The molecule has 0 aliphatic carbocycles. The van der Waals surface area contributed by atoms with Crippen LogP contribution in [0.2, 0.25) is 0 Å². The first kappa shape index (κ1) is 17.9. The van der Waals surface area contributed by atoms with Crippen LogP contribution in [0.25, 0.3) is 0 Å². The molecule has 1 aliphatic rings. The molecule has 0 unspecified atom stereocenters. The number of thioether (sulfide) groups is 1. The molecule has 1 heterocycles. The van der Waals surface area contributed by atoms with Crippen LogP contribution >= 0.6 is 27.7 Å². The van der Waals surface area contributed by atoms with Crippen LogP contribution in [0.1, 0.15) is 10.9 Å². The fraction of sp³-hybridized carbons (Fsp3) is 0.278. The van der Waals surface area contributed by atoms with Gasteiger partial charge in [0.2, 0.25) is 0 Å². The van der Waals surface area contributed by atoms with Crippen LogP contribution in [-0.4, -0.2) is 37.4 Å². The first-order chi connectivity index (χ1) is 12.1. The lowest BCUT2D eigenvalue weighted by molar-refractivity contribution is 0.213. The number of halogens is 1. The van der Waals surface area contributed by atoms with Gasteiger partial charge in [-0.25, -0.2) is 4.79 Å². The molecule has 0 radical (unpaired) electrons. The zero-order chi connectivity index (χ0) is 17.8. The normalized spacial score (nSPS) is 16.6. The molecule has 1 saturated heterocycles. The van der Waals surface area contributed by atoms with E-state index in [0.29, 0.717) is 18.0 Å². The number of amides is 2. The Labute approximate surface area is 159 Å². The maximum absolute atomic E-state index is 12.8. The average molecular weight is 423 g/mol. The lowest BCUT2D eigenvalue weighted by atomic mass is 10.2. The third kappa shape index (κ3) is 4.04. The molecule has 2 aromatic rings. The number of hydrogen-bond donors (Lipinski definition) is 1. The van der Waals surface area contributed by atoms with Crippen LogP contribution in [0, 0.1) is 0 Å². The second kappa shape index (κ2) is 8.01. The quantitative estimate of drug-likeness (QED) is 0.772. The van der Waals surface area contributed by atoms with E-state index in [1.165, 1.54) is 0 Å². The van der Waals surface area contributed by atoms with Gasteiger partial charge in [-0.2, -0.15) is 0 Å². The number of nitrogens with one attached hydrogen (secondary N) is 1. The zero-order valence-corrected chi connectivity index (χ0v) is 16.4. The number of ether oxygens (including phenoxy) is 2. The number of methoxy groups -OCH3 is 2. The number of urea groups is 1. The highest BCUT2D eigenvalue weighted by atomic mass is 79.9. The summed E-state index contributed by atoms with van der Waals surface area (Å²) < 4.78 is 11.6. The summed E-state index contributed by atoms with van der Waals surface area (Å²) in [6, 6.07) is 13.1. The summed E-state index contributed by atoms with van der Waals surface area (Å²) in [6.45, 7) is 0.681. The van der Waals surface area contributed by atoms with Gasteiger partial charge in [0.05, 0.1) is 14.2 Å². The fourth-order valence-corrected chi connectivity index (χ4v) is 4.38. The summed E-state index contributed by atoms with van der Waals surface area (Å²) in [4.78, 5) is 14.6. The maximum Gasteiger partial charge on any atom is 0.323 e. The van der Waals surface area contributed by atoms with E-state index in [1.807, 2.05) is 41.3 Å². The Balaban J connectivity index is 1.81. The Bertz CT molecular complexity index is 772. The smallest absolute Gasteiger partial charge is 0.323 e. The lowest BCUT2D eigenvalue weighted by Crippen LogP contribution is -2.34. The molecule has 0 spiro atoms. The van der Waals surface area contributed by atoms with E-state index in [2.05, 4.69) is 21.2 Å². The average Bonchev–Trinajstić information content (AvgIpc) is 3.11. The van der Waals surface area contributed by atoms with Gasteiger partial charge in [-0.1, -0.05) is 22.0 Å². The first-order valence-corrected chi connectivity index (χ1v) is 9.63. The van der Waals surface area contributed by atoms with Crippen LogP contribution in [0.5, 0.6) is 11.5 Å². The van der Waals surface area contributed by atoms with Crippen LogP contribution in [0.4, 0.5) is 10.5 Å². The molecule has 7 heteroatoms. The Morgan fingerprint density at radius 3 is 2.84 bits per heavy atom. The number of benzene rings is 2. The highest BCUT2D eigenvalue weighted by Gasteiger charge is 2.32. The van der Waals surface area contributed by atoms with Crippen molar-refractivity contribution in [2.45, 2.75) is 5.37 Å². The Morgan fingerprint density at radius 2 is 2.08 bits per heavy atom. The number of nitrogens with zero attached hydrogens (tertiary/aromatic N) is 1. The molecule has 2 amide bonds. The van der Waals surface area contributed by atoms with Crippen LogP contribution in [0.15, 0.2) is 46.9 Å². The number of rotatable bonds is 4. The van der Waals surface area contributed by atoms with Crippen molar-refractivity contribution in [3.63, 3.8) is 0 Å². The van der Waals surface area contributed by atoms with E-state index in [0.717, 1.165) is 21.5 Å². The summed E-state index contributed by atoms with van der Waals surface area (Å²) >= 11 is 5.23. The number of carbonyl (C=O) groups excluding carboxylic acids is 1. The molecule has 5 nitrogen and oxygen atoms in total. The highest BCUT2D eigenvalue weighted by molar-refractivity contribution is 9.10. The topological polar surface area (TPSA) is 50.8 Å². The van der Waals surface area contributed by atoms with Crippen molar-refractivity contribution in [3.05, 3.63) is 52.5 Å². The monoisotopic (exact) mass is 422 g/mol. The fourth-order valence-electron chi connectivity index (χ4n) is 2.73. The van der Waals surface area contributed by atoms with Crippen molar-refractivity contribution in [3.8, 4) is 11.5 Å². The predicted octanol–water partition coefficient (Wildman–Crippen LogP) is 4.75. The minimum atomic E-state index is -0.134. The molecule has 3 rings (SSSR count). The number of carbonyl (C=O) groups is 1. The van der Waals surface area contributed by atoms with E-state index < -0.39 is 0 Å². The predicted molar refractivity (Wildman–Crippen MR) is 105 cm³/mol. The third-order valence-electron chi connectivity index (χ3n) is 3.93. The van der Waals surface area contributed by atoms with Gasteiger partial charge >= 0.3 is 6.03 Å². The Hall–Kier alpha value is -1.86. The molecule has 0 saturated carbocycles. The maximum atomic E-state index is 12.8. The van der Waals surface area contributed by atoms with Crippen molar-refractivity contribution in [1.29, 1.82) is 0 Å². The van der Waals surface area contributed by atoms with Crippen LogP contribution in [0.3, 0.4) is 0 Å². The molecule has 1 N–H and O–H groups in total. The summed E-state index contributed by atoms with van der Waals surface area (Å²) in [5.74, 6) is 2.37. The zero-order valence-electron chi connectivity index (χ0n) is 14.0. The Kier molecular flexibility index (Phi) is 5.75. The largest absolute Gasteiger partial charge is 0.497 e. The van der Waals surface area contributed by atoms with E-state index in [1.54, 1.807) is 32.0 Å². The number of hydrogen-bond acceptors (Lipinski definition) is 4. The van der Waals surface area contributed by atoms with E-state index in [4.69, 9.17) is 9.47 Å². The van der Waals surface area contributed by atoms with Crippen molar-refractivity contribution < 1.29 is 14.3 Å². The van der Waals surface area contributed by atoms with Gasteiger partial charge in [0.1, 0.15) is 16.9 Å². The van der Waals surface area contributed by atoms with Crippen molar-refractivity contribution in [2.75, 3.05) is 31.8 Å². The van der Waals surface area contributed by atoms with Gasteiger partial charge in [0.15, 0.2) is 0 Å². The van der Waals surface area contributed by atoms with Gasteiger partial charge in [0.25, 0.3) is 0 Å². The van der Waals surface area contributed by atoms with Crippen LogP contribution in [-0.2, 0) is 0 Å². The summed E-state index contributed by atoms with van der Waals surface area (Å²) in [5, 5.41) is 2.87. The molecule has 1 aliphatic heterocycles. The van der Waals surface area contributed by atoms with Gasteiger partial charge < -0.3 is 19.7 Å². The second-order valence-corrected chi connectivity index (χ2v) is 7.57. The van der Waals surface area contributed by atoms with Gasteiger partial charge in [0, 0.05) is 34.1 Å². The molecule has 0 bridgehead atoms. The van der Waals surface area contributed by atoms with E-state index >= 15 is 0 Å². The summed E-state index contributed by atoms with van der Waals surface area (Å²) in [5.41, 5.74) is 1.70. The molecule has 0 aromatic heterocycles. The van der Waals surface area contributed by atoms with E-state index in [9.17, 15) is 4.79 Å². The molecule has 25 heavy (non-hydrogen) atoms. The summed E-state index contributed by atoms with van der Waals surface area (Å²) in [7, 11) is 3.25. The van der Waals surface area contributed by atoms with E-state index in [-0.39, 0.29) is 11.4 Å². The van der Waals surface area contributed by atoms with Gasteiger partial charge in [-0.3, -0.25) is 0 Å². The van der Waals surface area contributed by atoms with Crippen molar-refractivity contribution in [2.24, 2.45) is 0 Å². The number of anilines is 1. The molecule has 2 aromatic carbocycles. The molecular weight excluding hydrogens is 404 g/mol. The van der Waals surface area contributed by atoms with Crippen molar-refractivity contribution in [1.82, 2.24) is 4.90 Å². The molecule has 132 valence electrons. The second-order valence-electron chi connectivity index (χ2n) is 5.46. The van der Waals surface area contributed by atoms with Crippen LogP contribution < -0.4 is 14.8 Å². The lowest BCUT2D eigenvalue weighted by Gasteiger charge is -2.26. The van der Waals surface area contributed by atoms with Gasteiger partial charge in [-0.05, 0) is 30.3 Å². The summed E-state index contributed by atoms with van der Waals surface area (Å²) in [6.07, 6.45) is 0. The Morgan fingerprint density at radius 1 is 1.24 bits per heavy atom. The molecule has 1 atom stereocenters. The third-order valence-corrected chi connectivity index (χ3v) is 5.67. The first-order valence-electron chi connectivity index (χ1n) is 7.79. The SMILES string of the molecule is COc1cccc(NC(=O)N2CCS[C@@H]2c2cc(Br)ccc2OC)c1. The highest BCUT2D eigenvalue weighted by Crippen LogP contribution is 2.43. The van der Waals surface area contributed by atoms with Gasteiger partial charge in [-0.15, -0.1) is 11.8 Å². The standard InChI is InChI=1S/C18H19BrN2O3S/c1-23-14-5-3-4-13(11-14)20-18(22)21-8-9-25-17(21)15-10-12(19)6-7-16(15)24-2/h3-7,10-11,17H,8-9H2,1-2H3,(H,20,22)/t17-/m1/s1. The minimum Gasteiger partial charge on any atom is -0.497 e. The van der Waals surface area contributed by atoms with Crippen molar-refractivity contribution >= 4 is 39.4 Å². The molecular formula is C18H19BrN2O3S. The minimum absolute atomic E-state index is 0.0851. The molecule has 1 fully saturated rings.